The lowest BCUT2D eigenvalue weighted by Crippen LogP contribution is -2.48. The van der Waals surface area contributed by atoms with E-state index < -0.39 is 28.7 Å². The summed E-state index contributed by atoms with van der Waals surface area (Å²) >= 11 is 0. The smallest absolute Gasteiger partial charge is 0.191 e. The summed E-state index contributed by atoms with van der Waals surface area (Å²) in [7, 11) is 10.1. The Morgan fingerprint density at radius 2 is 0.529 bits per heavy atom. The molecule has 3 unspecified atom stereocenters. The molecule has 9 aromatic rings. The maximum absolute atomic E-state index is 7.28. The molecular formula is C88H106O14. The SMILES string of the molecule is CCCCCC(OCCCOC(c1ccccc1)(c1ccc(OC)cc1)c1ccc(OC)cc1)C(C)(OCC(C)COCCCOC(c1ccccc1)(c1ccc(OC)cc1)c1ccc(OC)cc1)OCC(C)COCCCOC(c1ccccc1)(c1ccc(OC)cc1)c1ccc(OC)cc1. The van der Waals surface area contributed by atoms with Crippen LogP contribution >= 0.6 is 0 Å². The van der Waals surface area contributed by atoms with Crippen LogP contribution in [0.1, 0.15) is 123 Å². The average molecular weight is 1390 g/mol. The van der Waals surface area contributed by atoms with E-state index in [0.29, 0.717) is 85.3 Å². The molecule has 0 aliphatic rings. The molecule has 0 saturated heterocycles. The van der Waals surface area contributed by atoms with Gasteiger partial charge >= 0.3 is 0 Å². The minimum atomic E-state index is -1.15. The molecule has 0 amide bonds. The number of ether oxygens (including phenoxy) is 14. The summed E-state index contributed by atoms with van der Waals surface area (Å²) in [5, 5.41) is 0. The molecule has 9 aromatic carbocycles. The molecular weight excluding hydrogens is 1280 g/mol. The number of hydrogen-bond donors (Lipinski definition) is 0. The van der Waals surface area contributed by atoms with Crippen LogP contribution in [0.25, 0.3) is 0 Å². The largest absolute Gasteiger partial charge is 0.497 e. The Labute approximate surface area is 606 Å². The van der Waals surface area contributed by atoms with E-state index in [1.165, 1.54) is 0 Å². The van der Waals surface area contributed by atoms with Crippen molar-refractivity contribution in [3.63, 3.8) is 0 Å². The average Bonchev–Trinajstić information content (AvgIpc) is 0.775. The van der Waals surface area contributed by atoms with Crippen LogP contribution in [0, 0.1) is 11.8 Å². The summed E-state index contributed by atoms with van der Waals surface area (Å²) in [6.07, 6.45) is 5.18. The molecule has 0 saturated carbocycles. The highest BCUT2D eigenvalue weighted by Crippen LogP contribution is 2.45. The van der Waals surface area contributed by atoms with Gasteiger partial charge in [0.15, 0.2) is 5.79 Å². The van der Waals surface area contributed by atoms with Crippen LogP contribution in [0.2, 0.25) is 0 Å². The highest BCUT2D eigenvalue weighted by atomic mass is 16.7. The second kappa shape index (κ2) is 39.8. The van der Waals surface area contributed by atoms with Crippen LogP contribution in [0.3, 0.4) is 0 Å². The standard InChI is InChI=1S/C88H106O14/c1-11-12-16-32-84(97-59-25-62-100-88(71-30-21-15-22-31-71,76-41-53-82(93-9)54-42-76)77-43-55-83(94-10)56-44-77)85(4,101-65-67(2)63-95-57-23-60-98-86(69-26-17-13-18-27-69,72-33-45-78(89-5)46-34-72)73-35-47-79(90-6)48-36-73)102-66-68(3)64-96-58-24-61-99-87(70-28-19-14-20-29-70,74-37-49-80(91-7)50-38-74)75-39-51-81(92-8)52-40-75/h13-15,17-22,26-31,33-56,67-68,84H,11-12,16,23-25,32,57-66H2,1-10H3. The van der Waals surface area contributed by atoms with Gasteiger partial charge in [0.1, 0.15) is 57.4 Å². The van der Waals surface area contributed by atoms with E-state index in [1.54, 1.807) is 42.7 Å². The molecule has 3 atom stereocenters. The maximum atomic E-state index is 7.28. The highest BCUT2D eigenvalue weighted by molar-refractivity contribution is 5.53. The molecule has 14 nitrogen and oxygen atoms in total. The molecule has 542 valence electrons. The van der Waals surface area contributed by atoms with E-state index in [-0.39, 0.29) is 11.8 Å². The van der Waals surface area contributed by atoms with Gasteiger partial charge in [0.25, 0.3) is 0 Å². The molecule has 0 aliphatic carbocycles. The quantitative estimate of drug-likeness (QED) is 0.0204. The van der Waals surface area contributed by atoms with Gasteiger partial charge in [-0.25, -0.2) is 0 Å². The first-order chi connectivity index (χ1) is 49.9. The summed E-state index contributed by atoms with van der Waals surface area (Å²) < 4.78 is 89.4. The zero-order valence-corrected chi connectivity index (χ0v) is 61.5. The first-order valence-corrected chi connectivity index (χ1v) is 35.9. The second-order valence-electron chi connectivity index (χ2n) is 26.0. The minimum Gasteiger partial charge on any atom is -0.497 e. The lowest BCUT2D eigenvalue weighted by Gasteiger charge is -2.39. The van der Waals surface area contributed by atoms with Gasteiger partial charge < -0.3 is 66.3 Å². The molecule has 0 spiro atoms. The van der Waals surface area contributed by atoms with Crippen LogP contribution in [0.5, 0.6) is 34.5 Å². The topological polar surface area (TPSA) is 129 Å². The lowest BCUT2D eigenvalue weighted by molar-refractivity contribution is -0.292. The van der Waals surface area contributed by atoms with Crippen molar-refractivity contribution in [3.8, 4) is 34.5 Å². The fourth-order valence-corrected chi connectivity index (χ4v) is 13.1. The fraction of sp³-hybridized carbons (Fsp3) is 0.386. The summed E-state index contributed by atoms with van der Waals surface area (Å²) in [5.74, 6) is 3.43. The molecule has 0 aliphatic heterocycles. The Morgan fingerprint density at radius 3 is 0.784 bits per heavy atom. The summed E-state index contributed by atoms with van der Waals surface area (Å²) in [6.45, 7) is 12.8. The molecule has 0 bridgehead atoms. The Balaban J connectivity index is 0.885. The zero-order chi connectivity index (χ0) is 71.9. The molecule has 14 heteroatoms. The molecule has 0 radical (unpaired) electrons. The Hall–Kier alpha value is -8.54. The van der Waals surface area contributed by atoms with Gasteiger partial charge in [0, 0.05) is 31.7 Å². The van der Waals surface area contributed by atoms with E-state index in [9.17, 15) is 0 Å². The van der Waals surface area contributed by atoms with Crippen LogP contribution in [0.4, 0.5) is 0 Å². The monoisotopic (exact) mass is 1390 g/mol. The third-order valence-electron chi connectivity index (χ3n) is 18.7. The summed E-state index contributed by atoms with van der Waals surface area (Å²) in [6, 6.07) is 79.7. The van der Waals surface area contributed by atoms with Gasteiger partial charge in [-0.2, -0.15) is 0 Å². The van der Waals surface area contributed by atoms with Crippen LogP contribution < -0.4 is 28.4 Å². The summed E-state index contributed by atoms with van der Waals surface area (Å²) in [5.41, 5.74) is 5.99. The Kier molecular flexibility index (Phi) is 30.3. The highest BCUT2D eigenvalue weighted by Gasteiger charge is 2.42. The van der Waals surface area contributed by atoms with Gasteiger partial charge in [-0.05, 0) is 155 Å². The van der Waals surface area contributed by atoms with Crippen LogP contribution in [-0.4, -0.2) is 121 Å². The molecule has 0 aromatic heterocycles. The van der Waals surface area contributed by atoms with E-state index in [1.807, 2.05) is 122 Å². The van der Waals surface area contributed by atoms with Crippen molar-refractivity contribution in [2.75, 3.05) is 109 Å². The van der Waals surface area contributed by atoms with Crippen molar-refractivity contribution >= 4 is 0 Å². The second-order valence-corrected chi connectivity index (χ2v) is 26.0. The molecule has 102 heavy (non-hydrogen) atoms. The molecule has 0 fully saturated rings. The predicted molar refractivity (Wildman–Crippen MR) is 403 cm³/mol. The van der Waals surface area contributed by atoms with E-state index in [4.69, 9.17) is 66.3 Å². The molecule has 9 rings (SSSR count). The van der Waals surface area contributed by atoms with Gasteiger partial charge in [0.2, 0.25) is 0 Å². The third kappa shape index (κ3) is 20.0. The van der Waals surface area contributed by atoms with E-state index in [2.05, 4.69) is 142 Å². The van der Waals surface area contributed by atoms with Crippen molar-refractivity contribution in [2.45, 2.75) is 101 Å². The zero-order valence-electron chi connectivity index (χ0n) is 61.5. The van der Waals surface area contributed by atoms with Gasteiger partial charge in [0.05, 0.1) is 88.9 Å². The van der Waals surface area contributed by atoms with Crippen molar-refractivity contribution < 1.29 is 66.3 Å². The first-order valence-electron chi connectivity index (χ1n) is 35.9. The van der Waals surface area contributed by atoms with Gasteiger partial charge in [-0.3, -0.25) is 0 Å². The van der Waals surface area contributed by atoms with E-state index >= 15 is 0 Å². The normalized spacial score (nSPS) is 13.4. The van der Waals surface area contributed by atoms with Crippen molar-refractivity contribution in [1.29, 1.82) is 0 Å². The minimum absolute atomic E-state index is 0.000559. The molecule has 0 N–H and O–H groups in total. The van der Waals surface area contributed by atoms with Crippen molar-refractivity contribution in [3.05, 3.63) is 287 Å². The first kappa shape index (κ1) is 77.6. The third-order valence-corrected chi connectivity index (χ3v) is 18.7. The van der Waals surface area contributed by atoms with Crippen LogP contribution in [0.15, 0.2) is 237 Å². The molecule has 0 heterocycles. The van der Waals surface area contributed by atoms with Crippen molar-refractivity contribution in [1.82, 2.24) is 0 Å². The van der Waals surface area contributed by atoms with Gasteiger partial charge in [-0.15, -0.1) is 0 Å². The summed E-state index contributed by atoms with van der Waals surface area (Å²) in [4.78, 5) is 0. The number of methoxy groups -OCH3 is 6. The maximum Gasteiger partial charge on any atom is 0.191 e. The number of hydrogen-bond acceptors (Lipinski definition) is 14. The Morgan fingerprint density at radius 1 is 0.275 bits per heavy atom. The predicted octanol–water partition coefficient (Wildman–Crippen LogP) is 18.3. The Bertz CT molecular complexity index is 3450. The number of rotatable bonds is 46. The van der Waals surface area contributed by atoms with Crippen LogP contribution in [-0.2, 0) is 54.7 Å². The fourth-order valence-electron chi connectivity index (χ4n) is 13.1. The lowest BCUT2D eigenvalue weighted by atomic mass is 9.80. The van der Waals surface area contributed by atoms with Gasteiger partial charge in [-0.1, -0.05) is 204 Å². The number of benzene rings is 9. The van der Waals surface area contributed by atoms with E-state index in [0.717, 1.165) is 110 Å². The van der Waals surface area contributed by atoms with Crippen molar-refractivity contribution in [2.24, 2.45) is 11.8 Å². The number of unbranched alkanes of at least 4 members (excludes halogenated alkanes) is 2.